The number of nitrogens with one attached hydrogen (secondary N) is 1. The van der Waals surface area contributed by atoms with Crippen LogP contribution >= 0.6 is 0 Å². The highest BCUT2D eigenvalue weighted by Crippen LogP contribution is 2.24. The Hall–Kier alpha value is -1.92. The maximum atomic E-state index is 11.8. The summed E-state index contributed by atoms with van der Waals surface area (Å²) in [6, 6.07) is 3.24. The quantitative estimate of drug-likeness (QED) is 0.715. The number of hydrogen-bond donors (Lipinski definition) is 3. The van der Waals surface area contributed by atoms with Crippen molar-refractivity contribution in [2.45, 2.75) is 12.6 Å². The molecule has 0 fully saturated rings. The van der Waals surface area contributed by atoms with Gasteiger partial charge in [-0.05, 0) is 18.2 Å². The molecule has 0 spiro atoms. The summed E-state index contributed by atoms with van der Waals surface area (Å²) < 4.78 is 35.4. The summed E-state index contributed by atoms with van der Waals surface area (Å²) in [4.78, 5) is 11.3. The Balaban J connectivity index is 2.56. The fourth-order valence-corrected chi connectivity index (χ4v) is 1.08. The van der Waals surface area contributed by atoms with Gasteiger partial charge in [0.2, 0.25) is 0 Å². The van der Waals surface area contributed by atoms with Gasteiger partial charge in [0.25, 0.3) is 5.91 Å². The lowest BCUT2D eigenvalue weighted by atomic mass is 10.2. The van der Waals surface area contributed by atoms with Crippen molar-refractivity contribution in [1.29, 1.82) is 0 Å². The zero-order valence-corrected chi connectivity index (χ0v) is 8.58. The first-order valence-corrected chi connectivity index (χ1v) is 4.66. The number of hydrogen-bond acceptors (Lipinski definition) is 3. The van der Waals surface area contributed by atoms with Crippen molar-refractivity contribution in [2.75, 3.05) is 6.54 Å². The van der Waals surface area contributed by atoms with Gasteiger partial charge in [-0.1, -0.05) is 0 Å². The number of halogens is 3. The van der Waals surface area contributed by atoms with E-state index in [1.165, 1.54) is 6.07 Å². The van der Waals surface area contributed by atoms with E-state index in [0.717, 1.165) is 12.1 Å². The van der Waals surface area contributed by atoms with E-state index in [1.807, 2.05) is 0 Å². The third-order valence-electron chi connectivity index (χ3n) is 1.93. The van der Waals surface area contributed by atoms with Crippen LogP contribution in [0, 0.1) is 0 Å². The van der Waals surface area contributed by atoms with Gasteiger partial charge in [-0.2, -0.15) is 13.2 Å². The third-order valence-corrected chi connectivity index (χ3v) is 1.93. The predicted molar refractivity (Wildman–Crippen MR) is 52.8 cm³/mol. The average Bonchev–Trinajstić information content (AvgIpc) is 2.20. The van der Waals surface area contributed by atoms with Crippen molar-refractivity contribution in [3.63, 3.8) is 0 Å². The van der Waals surface area contributed by atoms with Gasteiger partial charge in [-0.25, -0.2) is 0 Å². The summed E-state index contributed by atoms with van der Waals surface area (Å²) in [5.41, 5.74) is -0.0255. The van der Waals surface area contributed by atoms with Gasteiger partial charge in [0.1, 0.15) is 0 Å². The summed E-state index contributed by atoms with van der Waals surface area (Å²) in [6.45, 7) is -0.538. The maximum Gasteiger partial charge on any atom is 0.390 e. The van der Waals surface area contributed by atoms with E-state index in [9.17, 15) is 18.0 Å². The minimum absolute atomic E-state index is 0.0255. The van der Waals surface area contributed by atoms with Gasteiger partial charge in [-0.15, -0.1) is 0 Å². The molecule has 0 bridgehead atoms. The molecular weight excluding hydrogens is 239 g/mol. The Morgan fingerprint density at radius 1 is 1.24 bits per heavy atom. The molecule has 17 heavy (non-hydrogen) atoms. The molecule has 0 heterocycles. The van der Waals surface area contributed by atoms with Crippen LogP contribution in [0.2, 0.25) is 0 Å². The van der Waals surface area contributed by atoms with Gasteiger partial charge in [0.15, 0.2) is 11.5 Å². The molecule has 0 saturated carbocycles. The average molecular weight is 249 g/mol. The van der Waals surface area contributed by atoms with Crippen molar-refractivity contribution in [3.8, 4) is 11.5 Å². The minimum atomic E-state index is -4.33. The molecule has 0 unspecified atom stereocenters. The Morgan fingerprint density at radius 3 is 2.41 bits per heavy atom. The molecule has 4 nitrogen and oxygen atoms in total. The van der Waals surface area contributed by atoms with Crippen molar-refractivity contribution in [2.24, 2.45) is 0 Å². The second-order valence-electron chi connectivity index (χ2n) is 3.32. The van der Waals surface area contributed by atoms with E-state index in [2.05, 4.69) is 5.32 Å². The van der Waals surface area contributed by atoms with E-state index in [4.69, 9.17) is 10.2 Å². The molecule has 1 amide bonds. The molecule has 0 aliphatic heterocycles. The zero-order chi connectivity index (χ0) is 13.1. The van der Waals surface area contributed by atoms with E-state index in [0.29, 0.717) is 0 Å². The summed E-state index contributed by atoms with van der Waals surface area (Å²) in [6.07, 6.45) is -5.45. The van der Waals surface area contributed by atoms with Crippen LogP contribution in [0.1, 0.15) is 16.8 Å². The molecular formula is C10H10F3NO3. The van der Waals surface area contributed by atoms with E-state index in [-0.39, 0.29) is 5.56 Å². The predicted octanol–water partition coefficient (Wildman–Crippen LogP) is 1.78. The number of carbonyl (C=O) groups is 1. The molecule has 0 saturated heterocycles. The topological polar surface area (TPSA) is 69.6 Å². The highest BCUT2D eigenvalue weighted by molar-refractivity contribution is 5.94. The van der Waals surface area contributed by atoms with Crippen molar-refractivity contribution >= 4 is 5.91 Å². The summed E-state index contributed by atoms with van der Waals surface area (Å²) in [5.74, 6) is -1.66. The molecule has 3 N–H and O–H groups in total. The lowest BCUT2D eigenvalue weighted by Gasteiger charge is -2.08. The Morgan fingerprint density at radius 2 is 1.88 bits per heavy atom. The Bertz CT molecular complexity index is 418. The summed E-state index contributed by atoms with van der Waals surface area (Å²) in [5, 5.41) is 20.1. The van der Waals surface area contributed by atoms with Crippen LogP contribution in [0.3, 0.4) is 0 Å². The molecule has 1 aromatic rings. The lowest BCUT2D eigenvalue weighted by Crippen LogP contribution is -2.27. The van der Waals surface area contributed by atoms with Crippen molar-refractivity contribution < 1.29 is 28.2 Å². The second-order valence-corrected chi connectivity index (χ2v) is 3.32. The molecule has 0 aliphatic rings. The van der Waals surface area contributed by atoms with E-state index < -0.39 is 36.5 Å². The number of amides is 1. The molecule has 1 aromatic carbocycles. The Labute approximate surface area is 94.7 Å². The molecule has 0 aliphatic carbocycles. The number of phenols is 2. The number of benzene rings is 1. The van der Waals surface area contributed by atoms with Crippen molar-refractivity contribution in [3.05, 3.63) is 23.8 Å². The lowest BCUT2D eigenvalue weighted by molar-refractivity contribution is -0.132. The monoisotopic (exact) mass is 249 g/mol. The van der Waals surface area contributed by atoms with Crippen LogP contribution in [0.4, 0.5) is 13.2 Å². The van der Waals surface area contributed by atoms with E-state index in [1.54, 1.807) is 0 Å². The fraction of sp³-hybridized carbons (Fsp3) is 0.300. The van der Waals surface area contributed by atoms with Gasteiger partial charge >= 0.3 is 6.18 Å². The largest absolute Gasteiger partial charge is 0.504 e. The first-order valence-electron chi connectivity index (χ1n) is 4.66. The summed E-state index contributed by atoms with van der Waals surface area (Å²) >= 11 is 0. The van der Waals surface area contributed by atoms with Crippen LogP contribution in [0.25, 0.3) is 0 Å². The number of alkyl halides is 3. The van der Waals surface area contributed by atoms with Crippen LogP contribution in [0.5, 0.6) is 11.5 Å². The van der Waals surface area contributed by atoms with Gasteiger partial charge in [0, 0.05) is 12.1 Å². The van der Waals surface area contributed by atoms with Gasteiger partial charge in [-0.3, -0.25) is 4.79 Å². The molecule has 94 valence electrons. The molecule has 1 rings (SSSR count). The first-order chi connectivity index (χ1) is 7.79. The number of carbonyl (C=O) groups excluding carboxylic acids is 1. The normalized spacial score (nSPS) is 11.2. The van der Waals surface area contributed by atoms with Gasteiger partial charge < -0.3 is 15.5 Å². The molecule has 0 aromatic heterocycles. The van der Waals surface area contributed by atoms with Crippen LogP contribution in [0.15, 0.2) is 18.2 Å². The second kappa shape index (κ2) is 4.94. The van der Waals surface area contributed by atoms with Crippen LogP contribution < -0.4 is 5.32 Å². The SMILES string of the molecule is O=C(NCCC(F)(F)F)c1ccc(O)c(O)c1. The zero-order valence-electron chi connectivity index (χ0n) is 8.58. The van der Waals surface area contributed by atoms with Crippen molar-refractivity contribution in [1.82, 2.24) is 5.32 Å². The molecule has 0 atom stereocenters. The third kappa shape index (κ3) is 4.21. The summed E-state index contributed by atoms with van der Waals surface area (Å²) in [7, 11) is 0. The van der Waals surface area contributed by atoms with Crippen LogP contribution in [-0.2, 0) is 0 Å². The van der Waals surface area contributed by atoms with Gasteiger partial charge in [0.05, 0.1) is 6.42 Å². The Kier molecular flexibility index (Phi) is 3.82. The van der Waals surface area contributed by atoms with E-state index >= 15 is 0 Å². The molecule has 7 heteroatoms. The number of phenolic OH excluding ortho intramolecular Hbond substituents is 2. The first kappa shape index (κ1) is 13.1. The number of rotatable bonds is 3. The fourth-order valence-electron chi connectivity index (χ4n) is 1.08. The standard InChI is InChI=1S/C10H10F3NO3/c11-10(12,13)3-4-14-9(17)6-1-2-7(15)8(16)5-6/h1-2,5,15-16H,3-4H2,(H,14,17). The van der Waals surface area contributed by atoms with Crippen LogP contribution in [-0.4, -0.2) is 28.8 Å². The minimum Gasteiger partial charge on any atom is -0.504 e. The number of aromatic hydroxyl groups is 2. The molecule has 0 radical (unpaired) electrons. The smallest absolute Gasteiger partial charge is 0.390 e. The highest BCUT2D eigenvalue weighted by atomic mass is 19.4. The maximum absolute atomic E-state index is 11.8. The highest BCUT2D eigenvalue weighted by Gasteiger charge is 2.26.